The van der Waals surface area contributed by atoms with Crippen LogP contribution in [0.2, 0.25) is 0 Å². The number of anilines is 1. The molecule has 7 atom stereocenters. The van der Waals surface area contributed by atoms with E-state index in [0.29, 0.717) is 73.0 Å². The van der Waals surface area contributed by atoms with Crippen LogP contribution in [0.15, 0.2) is 54.7 Å². The van der Waals surface area contributed by atoms with Crippen LogP contribution in [0, 0.1) is 30.7 Å². The number of nitrogens with zero attached hydrogens (tertiary/aromatic N) is 6. The number of nitrogens with two attached hydrogens (primary N) is 1. The van der Waals surface area contributed by atoms with Crippen molar-refractivity contribution in [3.05, 3.63) is 94.1 Å². The Balaban J connectivity index is 0.971. The van der Waals surface area contributed by atoms with Gasteiger partial charge in [0, 0.05) is 55.4 Å². The number of likely N-dealkylation sites (N-methyl/N-ethyl adjacent to an activating group) is 1. The van der Waals surface area contributed by atoms with Crippen LogP contribution in [0.5, 0.6) is 5.88 Å². The molecule has 4 aromatic rings. The molecule has 76 heavy (non-hydrogen) atoms. The van der Waals surface area contributed by atoms with Gasteiger partial charge >= 0.3 is 5.82 Å². The predicted octanol–water partition coefficient (Wildman–Crippen LogP) is 7.23. The maximum atomic E-state index is 14.5. The zero-order valence-corrected chi connectivity index (χ0v) is 45.8. The smallest absolute Gasteiger partial charge is 0.305 e. The Morgan fingerprint density at radius 1 is 0.947 bits per heavy atom. The third kappa shape index (κ3) is 14.8. The molecular weight excluding hydrogens is 965 g/mol. The van der Waals surface area contributed by atoms with Gasteiger partial charge in [0.25, 0.3) is 11.8 Å². The quantitative estimate of drug-likeness (QED) is 0.0337. The Labute approximate surface area is 447 Å². The van der Waals surface area contributed by atoms with Crippen LogP contribution < -0.4 is 37.1 Å². The number of aromatic nitrogens is 4. The van der Waals surface area contributed by atoms with Crippen LogP contribution in [0.1, 0.15) is 157 Å². The van der Waals surface area contributed by atoms with Crippen molar-refractivity contribution in [3.8, 4) is 17.1 Å². The lowest BCUT2D eigenvalue weighted by atomic mass is 9.77. The van der Waals surface area contributed by atoms with Gasteiger partial charge in [0.2, 0.25) is 23.6 Å². The van der Waals surface area contributed by atoms with Crippen molar-refractivity contribution in [2.24, 2.45) is 17.3 Å². The van der Waals surface area contributed by atoms with E-state index in [2.05, 4.69) is 46.5 Å². The highest BCUT2D eigenvalue weighted by atomic mass is 16.5. The van der Waals surface area contributed by atoms with Crippen molar-refractivity contribution >= 4 is 47.0 Å². The van der Waals surface area contributed by atoms with Crippen LogP contribution >= 0.6 is 0 Å². The average molecular weight is 1040 g/mol. The average Bonchev–Trinajstić information content (AvgIpc) is 3.99. The first-order valence-electron chi connectivity index (χ1n) is 26.8. The number of benzene rings is 2. The molecule has 1 saturated carbocycles. The number of hydrogen-bond acceptors (Lipinski definition) is 12. The summed E-state index contributed by atoms with van der Waals surface area (Å²) in [5.74, 6) is -2.43. The monoisotopic (exact) mass is 1040 g/mol. The minimum atomic E-state index is -0.843. The molecule has 2 aromatic carbocycles. The number of carbonyl (C=O) groups is 6. The summed E-state index contributed by atoms with van der Waals surface area (Å²) in [6.07, 6.45) is 7.59. The molecule has 2 bridgehead atoms. The number of amides is 5. The second kappa shape index (κ2) is 26.5. The lowest BCUT2D eigenvalue weighted by Gasteiger charge is -2.34. The molecule has 2 aromatic heterocycles. The topological polar surface area (TPSA) is 249 Å². The van der Waals surface area contributed by atoms with E-state index < -0.39 is 35.4 Å². The first-order valence-corrected chi connectivity index (χ1v) is 26.8. The van der Waals surface area contributed by atoms with Crippen molar-refractivity contribution < 1.29 is 33.5 Å². The summed E-state index contributed by atoms with van der Waals surface area (Å²) in [6.45, 7) is 21.7. The Kier molecular flexibility index (Phi) is 20.3. The van der Waals surface area contributed by atoms with E-state index in [-0.39, 0.29) is 84.6 Å². The van der Waals surface area contributed by atoms with E-state index in [1.807, 2.05) is 84.0 Å². The Bertz CT molecular complexity index is 2750. The number of nitrogen functional groups attached to an aromatic ring is 1. The molecule has 6 rings (SSSR count). The van der Waals surface area contributed by atoms with Crippen LogP contribution in [0.3, 0.4) is 0 Å². The molecule has 7 N–H and O–H groups in total. The van der Waals surface area contributed by atoms with E-state index in [1.165, 1.54) is 6.20 Å². The first kappa shape index (κ1) is 58.1. The zero-order valence-electron chi connectivity index (χ0n) is 45.8. The number of rotatable bonds is 22. The molecule has 0 saturated heterocycles. The maximum absolute atomic E-state index is 14.5. The molecule has 2 aliphatic rings. The summed E-state index contributed by atoms with van der Waals surface area (Å²) in [7, 11) is 3.37. The number of nitrogens with one attached hydrogen (secondary N) is 5. The fraction of sp³-hybridized carbons (Fsp3) is 0.544. The minimum Gasteiger partial charge on any atom is -0.467 e. The van der Waals surface area contributed by atoms with Gasteiger partial charge in [-0.2, -0.15) is 4.68 Å². The molecule has 2 unspecified atom stereocenters. The summed E-state index contributed by atoms with van der Waals surface area (Å²) >= 11 is 0. The van der Waals surface area contributed by atoms with Gasteiger partial charge in [0.15, 0.2) is 11.6 Å². The van der Waals surface area contributed by atoms with Gasteiger partial charge in [-0.3, -0.25) is 28.8 Å². The number of ketones is 1. The third-order valence-electron chi connectivity index (χ3n) is 14.6. The van der Waals surface area contributed by atoms with E-state index in [9.17, 15) is 28.8 Å². The summed E-state index contributed by atoms with van der Waals surface area (Å²) in [5, 5.41) is 19.8. The normalized spacial score (nSPS) is 18.5. The molecule has 1 aliphatic heterocycles. The van der Waals surface area contributed by atoms with Gasteiger partial charge in [-0.25, -0.2) is 9.97 Å². The molecule has 0 spiro atoms. The number of ether oxygens (including phenoxy) is 1. The van der Waals surface area contributed by atoms with Crippen LogP contribution in [-0.2, 0) is 37.1 Å². The highest BCUT2D eigenvalue weighted by Crippen LogP contribution is 2.39. The van der Waals surface area contributed by atoms with Crippen molar-refractivity contribution in [3.63, 3.8) is 0 Å². The molecular formula is C57H78N12O7. The largest absolute Gasteiger partial charge is 0.467 e. The molecule has 408 valence electrons. The van der Waals surface area contributed by atoms with Crippen LogP contribution in [-0.4, -0.2) is 98.7 Å². The molecule has 3 heterocycles. The number of aryl methyl sites for hydroxylation is 1. The Morgan fingerprint density at radius 3 is 2.28 bits per heavy atom. The summed E-state index contributed by atoms with van der Waals surface area (Å²) in [5.41, 5.74) is 9.90. The molecule has 1 aliphatic carbocycles. The maximum Gasteiger partial charge on any atom is 0.305 e. The number of unbranched alkanes of at least 4 members (excludes halogenated alkanes) is 5. The lowest BCUT2D eigenvalue weighted by Crippen LogP contribution is -2.55. The van der Waals surface area contributed by atoms with Crippen molar-refractivity contribution in [2.45, 2.75) is 162 Å². The van der Waals surface area contributed by atoms with Gasteiger partial charge in [0.1, 0.15) is 6.10 Å². The van der Waals surface area contributed by atoms with Gasteiger partial charge in [0.05, 0.1) is 54.4 Å². The number of fused-ring (bicyclic) bond motifs is 5. The highest BCUT2D eigenvalue weighted by molar-refractivity contribution is 5.97. The predicted molar refractivity (Wildman–Crippen MR) is 291 cm³/mol. The van der Waals surface area contributed by atoms with Crippen LogP contribution in [0.25, 0.3) is 16.1 Å². The van der Waals surface area contributed by atoms with Gasteiger partial charge in [-0.15, -0.1) is 0 Å². The van der Waals surface area contributed by atoms with E-state index in [1.54, 1.807) is 36.7 Å². The second-order valence-corrected chi connectivity index (χ2v) is 21.5. The zero-order chi connectivity index (χ0) is 55.3. The molecule has 1 fully saturated rings. The van der Waals surface area contributed by atoms with E-state index in [0.717, 1.165) is 36.8 Å². The summed E-state index contributed by atoms with van der Waals surface area (Å²) < 4.78 is 7.83. The molecule has 19 nitrogen and oxygen atoms in total. The molecule has 5 amide bonds. The number of Topliss-reactive ketones (excluding diaryl/α,β-unsaturated/α-hetero) is 1. The van der Waals surface area contributed by atoms with Crippen LogP contribution in [0.4, 0.5) is 11.6 Å². The summed E-state index contributed by atoms with van der Waals surface area (Å²) in [4.78, 5) is 96.3. The van der Waals surface area contributed by atoms with Gasteiger partial charge in [-0.05, 0) is 82.1 Å². The van der Waals surface area contributed by atoms with Crippen molar-refractivity contribution in [2.75, 3.05) is 26.4 Å². The lowest BCUT2D eigenvalue weighted by molar-refractivity contribution is -0.137. The SMILES string of the molecule is [C-]#[N+]c1nn(CCNC(=O)CCCCCCCCC(=O)NC2CC(C(=O)[C@@H](NC(=O)[C@H](C)NC)C(C)(C)C)[C@H](C(=O)N[C@H](CC)c3ccccc3)C2)c2c1-c1cnc(N)c(n1)O[C@H](C)c1cc(C)ccc1C(=O)N(C)C2. The minimum absolute atomic E-state index is 0.0657. The first-order chi connectivity index (χ1) is 36.2. The van der Waals surface area contributed by atoms with Gasteiger partial charge in [-0.1, -0.05) is 108 Å². The molecule has 0 radical (unpaired) electrons. The van der Waals surface area contributed by atoms with Crippen molar-refractivity contribution in [1.29, 1.82) is 0 Å². The number of carbonyl (C=O) groups excluding carboxylic acids is 6. The van der Waals surface area contributed by atoms with Gasteiger partial charge < -0.3 is 46.8 Å². The third-order valence-corrected chi connectivity index (χ3v) is 14.6. The fourth-order valence-electron chi connectivity index (χ4n) is 10.1. The standard InChI is InChI=1S/C57H78N12O7/c1-11-43(37-21-17-16-18-22-37)64-54(74)42-31-38(30-41(42)49(72)50(57(5,6)7)66-53(73)35(3)59-8)63-47(71)24-20-15-13-12-14-19-23-46(70)61-27-28-69-45-33-68(10)56(75)39-26-25-34(2)29-40(39)36(4)76-55-51(58)62-32-44(65-55)48(45)52(60-9)67-69/h16-18,21-22,25-26,29,32,35-36,38,41-43,50,59H,11-15,19-20,23-24,27-28,30-31,33H2,1-8,10H3,(H2,58,62)(H,61,70)(H,63,71)(H,64,74)(H,66,73)/t35-,36+,38?,41?,42+,43+,50+/m0/s1. The highest BCUT2D eigenvalue weighted by Gasteiger charge is 2.48. The summed E-state index contributed by atoms with van der Waals surface area (Å²) in [6, 6.07) is 13.3. The van der Waals surface area contributed by atoms with Crippen molar-refractivity contribution in [1.82, 2.24) is 51.2 Å². The number of hydrogen-bond donors (Lipinski definition) is 6. The molecule has 19 heteroatoms. The fourth-order valence-corrected chi connectivity index (χ4v) is 10.1. The Morgan fingerprint density at radius 2 is 1.62 bits per heavy atom. The van der Waals surface area contributed by atoms with E-state index in [4.69, 9.17) is 17.0 Å². The Hall–Kier alpha value is -7.20. The second-order valence-electron chi connectivity index (χ2n) is 21.5. The van der Waals surface area contributed by atoms with E-state index >= 15 is 0 Å².